The first-order valence-corrected chi connectivity index (χ1v) is 9.63. The van der Waals surface area contributed by atoms with Gasteiger partial charge in [-0.15, -0.1) is 11.3 Å². The van der Waals surface area contributed by atoms with Gasteiger partial charge in [-0.05, 0) is 42.4 Å². The van der Waals surface area contributed by atoms with Crippen LogP contribution >= 0.6 is 11.3 Å². The van der Waals surface area contributed by atoms with Gasteiger partial charge in [0.05, 0.1) is 5.56 Å². The third-order valence-electron chi connectivity index (χ3n) is 4.43. The Balaban J connectivity index is 1.56. The van der Waals surface area contributed by atoms with Crippen LogP contribution in [0.1, 0.15) is 34.9 Å². The lowest BCUT2D eigenvalue weighted by Gasteiger charge is -2.17. The summed E-state index contributed by atoms with van der Waals surface area (Å²) < 4.78 is 4.97. The molecule has 0 aliphatic heterocycles. The van der Waals surface area contributed by atoms with E-state index in [9.17, 15) is 14.9 Å². The Kier molecular flexibility index (Phi) is 6.05. The number of anilines is 1. The van der Waals surface area contributed by atoms with Crippen molar-refractivity contribution in [1.82, 2.24) is 0 Å². The van der Waals surface area contributed by atoms with Gasteiger partial charge in [0.2, 0.25) is 0 Å². The number of amides is 1. The number of nitriles is 1. The molecule has 0 saturated carbocycles. The number of esters is 1. The predicted molar refractivity (Wildman–Crippen MR) is 105 cm³/mol. The van der Waals surface area contributed by atoms with E-state index in [-0.39, 0.29) is 6.61 Å². The molecule has 1 aromatic heterocycles. The molecule has 138 valence electrons. The van der Waals surface area contributed by atoms with Gasteiger partial charge >= 0.3 is 5.97 Å². The highest BCUT2D eigenvalue weighted by atomic mass is 32.1. The molecule has 1 aliphatic carbocycles. The van der Waals surface area contributed by atoms with Crippen LogP contribution in [0.15, 0.2) is 36.4 Å². The fraction of sp³-hybridized carbons (Fsp3) is 0.286. The van der Waals surface area contributed by atoms with Crippen LogP contribution in [-0.4, -0.2) is 18.5 Å². The molecule has 1 amide bonds. The first kappa shape index (κ1) is 18.9. The van der Waals surface area contributed by atoms with E-state index in [1.807, 2.05) is 30.3 Å². The highest BCUT2D eigenvalue weighted by Crippen LogP contribution is 2.39. The van der Waals surface area contributed by atoms with Gasteiger partial charge in [0, 0.05) is 11.0 Å². The highest BCUT2D eigenvalue weighted by molar-refractivity contribution is 7.16. The van der Waals surface area contributed by atoms with Crippen LogP contribution in [0, 0.1) is 17.2 Å². The second kappa shape index (κ2) is 8.65. The van der Waals surface area contributed by atoms with Gasteiger partial charge in [0.25, 0.3) is 5.91 Å². The maximum atomic E-state index is 12.1. The number of nitrogens with one attached hydrogen (secondary N) is 1. The lowest BCUT2D eigenvalue weighted by molar-refractivity contribution is -0.142. The van der Waals surface area contributed by atoms with Crippen molar-refractivity contribution in [2.75, 3.05) is 11.9 Å². The molecular formula is C21H20N2O3S. The third-order valence-corrected chi connectivity index (χ3v) is 5.60. The van der Waals surface area contributed by atoms with Crippen molar-refractivity contribution in [3.63, 3.8) is 0 Å². The van der Waals surface area contributed by atoms with E-state index < -0.39 is 11.9 Å². The fourth-order valence-corrected chi connectivity index (χ4v) is 4.41. The minimum absolute atomic E-state index is 0.387. The smallest absolute Gasteiger partial charge is 0.331 e. The summed E-state index contributed by atoms with van der Waals surface area (Å²) in [5, 5.41) is 12.7. The van der Waals surface area contributed by atoms with Crippen molar-refractivity contribution in [3.8, 4) is 6.07 Å². The first-order chi connectivity index (χ1) is 13.1. The standard InChI is InChI=1S/C21H20N2O3S/c1-14-7-9-16-17(12-22)21(27-18(16)11-14)23-19(24)13-26-20(25)10-8-15-5-3-2-4-6-15/h2-6,8,10,14H,7,9,11,13H2,1H3,(H,23,24)/b10-8+/t14-/m0/s1. The van der Waals surface area contributed by atoms with Crippen molar-refractivity contribution < 1.29 is 14.3 Å². The molecule has 1 heterocycles. The number of fused-ring (bicyclic) bond motifs is 1. The zero-order valence-corrected chi connectivity index (χ0v) is 15.8. The summed E-state index contributed by atoms with van der Waals surface area (Å²) in [5.41, 5.74) is 2.47. The second-order valence-corrected chi connectivity index (χ2v) is 7.67. The summed E-state index contributed by atoms with van der Waals surface area (Å²) in [6.07, 6.45) is 5.77. The van der Waals surface area contributed by atoms with E-state index in [0.29, 0.717) is 16.5 Å². The molecule has 6 heteroatoms. The molecule has 0 bridgehead atoms. The Morgan fingerprint density at radius 2 is 2.15 bits per heavy atom. The minimum Gasteiger partial charge on any atom is -0.452 e. The summed E-state index contributed by atoms with van der Waals surface area (Å²) >= 11 is 1.45. The average Bonchev–Trinajstić information content (AvgIpc) is 3.01. The zero-order chi connectivity index (χ0) is 19.2. The number of ether oxygens (including phenoxy) is 1. The molecule has 1 aromatic carbocycles. The van der Waals surface area contributed by atoms with Crippen LogP contribution in [0.2, 0.25) is 0 Å². The van der Waals surface area contributed by atoms with Crippen LogP contribution in [0.4, 0.5) is 5.00 Å². The molecule has 0 saturated heterocycles. The normalized spacial score (nSPS) is 15.8. The zero-order valence-electron chi connectivity index (χ0n) is 15.0. The minimum atomic E-state index is -0.589. The van der Waals surface area contributed by atoms with Crippen LogP contribution in [0.5, 0.6) is 0 Å². The van der Waals surface area contributed by atoms with Gasteiger partial charge in [-0.2, -0.15) is 5.26 Å². The number of nitrogens with zero attached hydrogens (tertiary/aromatic N) is 1. The largest absolute Gasteiger partial charge is 0.452 e. The number of hydrogen-bond acceptors (Lipinski definition) is 5. The quantitative estimate of drug-likeness (QED) is 0.629. The maximum Gasteiger partial charge on any atom is 0.331 e. The number of carbonyl (C=O) groups is 2. The molecular weight excluding hydrogens is 360 g/mol. The molecule has 0 spiro atoms. The molecule has 1 atom stereocenters. The summed E-state index contributed by atoms with van der Waals surface area (Å²) in [6.45, 7) is 1.80. The summed E-state index contributed by atoms with van der Waals surface area (Å²) in [7, 11) is 0. The second-order valence-electron chi connectivity index (χ2n) is 6.57. The van der Waals surface area contributed by atoms with Gasteiger partial charge in [-0.3, -0.25) is 4.79 Å². The molecule has 27 heavy (non-hydrogen) atoms. The Morgan fingerprint density at radius 1 is 1.37 bits per heavy atom. The Morgan fingerprint density at radius 3 is 2.89 bits per heavy atom. The number of hydrogen-bond donors (Lipinski definition) is 1. The first-order valence-electron chi connectivity index (χ1n) is 8.81. The lowest BCUT2D eigenvalue weighted by Crippen LogP contribution is -2.20. The van der Waals surface area contributed by atoms with E-state index >= 15 is 0 Å². The van der Waals surface area contributed by atoms with Crippen LogP contribution in [0.25, 0.3) is 6.08 Å². The Bertz CT molecular complexity index is 909. The van der Waals surface area contributed by atoms with Crippen molar-refractivity contribution >= 4 is 34.3 Å². The predicted octanol–water partition coefficient (Wildman–Crippen LogP) is 3.94. The van der Waals surface area contributed by atoms with E-state index in [0.717, 1.165) is 30.4 Å². The van der Waals surface area contributed by atoms with Gasteiger partial charge in [-0.25, -0.2) is 4.79 Å². The average molecular weight is 380 g/mol. The SMILES string of the molecule is C[C@H]1CCc2c(sc(NC(=O)COC(=O)/C=C/c3ccccc3)c2C#N)C1. The maximum absolute atomic E-state index is 12.1. The molecule has 0 unspecified atom stereocenters. The summed E-state index contributed by atoms with van der Waals surface area (Å²) in [5.74, 6) is -0.447. The third kappa shape index (κ3) is 4.83. The summed E-state index contributed by atoms with van der Waals surface area (Å²) in [6, 6.07) is 11.5. The lowest BCUT2D eigenvalue weighted by atomic mass is 9.89. The monoisotopic (exact) mass is 380 g/mol. The molecule has 3 rings (SSSR count). The number of rotatable bonds is 5. The van der Waals surface area contributed by atoms with Crippen molar-refractivity contribution in [2.45, 2.75) is 26.2 Å². The van der Waals surface area contributed by atoms with Crippen LogP contribution in [0.3, 0.4) is 0 Å². The van der Waals surface area contributed by atoms with Crippen molar-refractivity contribution in [3.05, 3.63) is 58.0 Å². The van der Waals surface area contributed by atoms with Crippen LogP contribution in [-0.2, 0) is 27.2 Å². The molecule has 2 aromatic rings. The molecule has 1 N–H and O–H groups in total. The number of carbonyl (C=O) groups excluding carboxylic acids is 2. The number of benzene rings is 1. The molecule has 5 nitrogen and oxygen atoms in total. The van der Waals surface area contributed by atoms with E-state index in [1.54, 1.807) is 6.08 Å². The molecule has 1 aliphatic rings. The summed E-state index contributed by atoms with van der Waals surface area (Å²) in [4.78, 5) is 25.0. The number of thiophene rings is 1. The molecule has 0 radical (unpaired) electrons. The van der Waals surface area contributed by atoms with E-state index in [4.69, 9.17) is 4.74 Å². The van der Waals surface area contributed by atoms with E-state index in [2.05, 4.69) is 18.3 Å². The van der Waals surface area contributed by atoms with Crippen molar-refractivity contribution in [1.29, 1.82) is 5.26 Å². The van der Waals surface area contributed by atoms with Gasteiger partial charge < -0.3 is 10.1 Å². The van der Waals surface area contributed by atoms with Crippen molar-refractivity contribution in [2.24, 2.45) is 5.92 Å². The fourth-order valence-electron chi connectivity index (χ4n) is 3.03. The molecule has 0 fully saturated rings. The highest BCUT2D eigenvalue weighted by Gasteiger charge is 2.24. The topological polar surface area (TPSA) is 79.2 Å². The van der Waals surface area contributed by atoms with E-state index in [1.165, 1.54) is 22.3 Å². The van der Waals surface area contributed by atoms with Gasteiger partial charge in [0.15, 0.2) is 6.61 Å². The Labute approximate surface area is 162 Å². The van der Waals surface area contributed by atoms with Gasteiger partial charge in [-0.1, -0.05) is 37.3 Å². The van der Waals surface area contributed by atoms with Gasteiger partial charge in [0.1, 0.15) is 11.1 Å². The van der Waals surface area contributed by atoms with Crippen LogP contribution < -0.4 is 5.32 Å². The Hall–Kier alpha value is -2.91.